The molecule has 0 aliphatic carbocycles. The number of carbonyl (C=O) groups excluding carboxylic acids is 1. The Hall–Kier alpha value is -2.91. The van der Waals surface area contributed by atoms with Crippen LogP contribution in [0.5, 0.6) is 0 Å². The quantitative estimate of drug-likeness (QED) is 0.441. The Morgan fingerprint density at radius 2 is 1.68 bits per heavy atom. The summed E-state index contributed by atoms with van der Waals surface area (Å²) in [5.74, 6) is 1.39. The smallest absolute Gasteiger partial charge is 0.264 e. The van der Waals surface area contributed by atoms with Crippen molar-refractivity contribution in [3.63, 3.8) is 0 Å². The van der Waals surface area contributed by atoms with Gasteiger partial charge in [-0.25, -0.2) is 13.4 Å². The second-order valence-corrected chi connectivity index (χ2v) is 14.2. The van der Waals surface area contributed by atoms with E-state index in [2.05, 4.69) is 30.7 Å². The molecule has 3 aromatic rings. The van der Waals surface area contributed by atoms with Crippen LogP contribution in [0.25, 0.3) is 11.0 Å². The van der Waals surface area contributed by atoms with Crippen LogP contribution in [-0.2, 0) is 31.5 Å². The number of ether oxygens (including phenoxy) is 1. The van der Waals surface area contributed by atoms with E-state index >= 15 is 0 Å². The fourth-order valence-corrected chi connectivity index (χ4v) is 5.77. The molecule has 0 radical (unpaired) electrons. The van der Waals surface area contributed by atoms with Crippen LogP contribution >= 0.6 is 0 Å². The number of hydrogen-bond acceptors (Lipinski definition) is 5. The third-order valence-corrected chi connectivity index (χ3v) is 8.80. The van der Waals surface area contributed by atoms with Gasteiger partial charge in [0.1, 0.15) is 5.82 Å². The maximum Gasteiger partial charge on any atom is 0.264 e. The number of rotatable bonds is 6. The van der Waals surface area contributed by atoms with Crippen molar-refractivity contribution < 1.29 is 17.9 Å². The minimum Gasteiger partial charge on any atom is -0.381 e. The Morgan fingerprint density at radius 1 is 1.05 bits per heavy atom. The Balaban J connectivity index is 1.62. The van der Waals surface area contributed by atoms with Crippen LogP contribution in [0.1, 0.15) is 60.2 Å². The van der Waals surface area contributed by atoms with Gasteiger partial charge in [0, 0.05) is 43.3 Å². The second-order valence-electron chi connectivity index (χ2n) is 12.2. The van der Waals surface area contributed by atoms with Gasteiger partial charge in [-0.1, -0.05) is 41.5 Å². The largest absolute Gasteiger partial charge is 0.381 e. The molecule has 1 N–H and O–H groups in total. The van der Waals surface area contributed by atoms with Crippen molar-refractivity contribution in [2.45, 2.75) is 71.2 Å². The van der Waals surface area contributed by atoms with Crippen LogP contribution in [0.15, 0.2) is 47.4 Å². The second kappa shape index (κ2) is 10.3. The average molecular weight is 541 g/mol. The Kier molecular flexibility index (Phi) is 7.65. The molecule has 2 heterocycles. The van der Waals surface area contributed by atoms with Gasteiger partial charge < -0.3 is 14.6 Å². The molecule has 0 saturated carbocycles. The molecule has 0 unspecified atom stereocenters. The Bertz CT molecular complexity index is 1410. The number of aromatic nitrogens is 2. The molecule has 9 heteroatoms. The van der Waals surface area contributed by atoms with Crippen molar-refractivity contribution in [3.8, 4) is 0 Å². The van der Waals surface area contributed by atoms with Gasteiger partial charge in [0.2, 0.25) is 5.91 Å². The Morgan fingerprint density at radius 3 is 2.26 bits per heavy atom. The van der Waals surface area contributed by atoms with E-state index in [9.17, 15) is 13.2 Å². The first-order valence-electron chi connectivity index (χ1n) is 13.2. The van der Waals surface area contributed by atoms with E-state index in [1.54, 1.807) is 19.2 Å². The zero-order valence-corrected chi connectivity index (χ0v) is 24.4. The minimum atomic E-state index is -3.82. The zero-order valence-electron chi connectivity index (χ0n) is 23.5. The maximum absolute atomic E-state index is 13.5. The average Bonchev–Trinajstić information content (AvgIpc) is 3.22. The van der Waals surface area contributed by atoms with Crippen molar-refractivity contribution >= 4 is 38.3 Å². The number of hydrogen-bond donors (Lipinski definition) is 1. The van der Waals surface area contributed by atoms with Gasteiger partial charge in [-0.05, 0) is 61.2 Å². The molecule has 4 rings (SSSR count). The van der Waals surface area contributed by atoms with Gasteiger partial charge in [-0.2, -0.15) is 0 Å². The molecule has 1 saturated heterocycles. The number of nitrogens with one attached hydrogen (secondary N) is 1. The summed E-state index contributed by atoms with van der Waals surface area (Å²) in [5, 5.41) is 2.83. The lowest BCUT2D eigenvalue weighted by atomic mass is 9.94. The molecule has 0 bridgehead atoms. The van der Waals surface area contributed by atoms with E-state index in [1.807, 2.05) is 39.0 Å². The van der Waals surface area contributed by atoms with Crippen molar-refractivity contribution in [3.05, 3.63) is 48.3 Å². The third-order valence-electron chi connectivity index (χ3n) is 7.00. The number of sulfonamides is 1. The van der Waals surface area contributed by atoms with Crippen LogP contribution in [-0.4, -0.2) is 44.1 Å². The lowest BCUT2D eigenvalue weighted by molar-refractivity contribution is -0.123. The van der Waals surface area contributed by atoms with E-state index in [1.165, 1.54) is 16.4 Å². The number of carbonyl (C=O) groups is 1. The SMILES string of the molecule is CN(c1ccc2c(c1)nc(C(C)(C)C)n2CC1CCOCC1)S(=O)(=O)c1ccc(NC(=O)C(C)(C)C)cc1. The summed E-state index contributed by atoms with van der Waals surface area (Å²) in [6.45, 7) is 14.4. The van der Waals surface area contributed by atoms with Crippen LogP contribution in [0.3, 0.4) is 0 Å². The number of benzene rings is 2. The summed E-state index contributed by atoms with van der Waals surface area (Å²) in [7, 11) is -2.27. The first-order valence-corrected chi connectivity index (χ1v) is 14.6. The van der Waals surface area contributed by atoms with E-state index < -0.39 is 15.4 Å². The predicted molar refractivity (Wildman–Crippen MR) is 152 cm³/mol. The fraction of sp³-hybridized carbons (Fsp3) is 0.517. The number of amides is 1. The summed E-state index contributed by atoms with van der Waals surface area (Å²) in [4.78, 5) is 17.4. The highest BCUT2D eigenvalue weighted by Crippen LogP contribution is 2.32. The number of anilines is 2. The van der Waals surface area contributed by atoms with Gasteiger partial charge in [-0.15, -0.1) is 0 Å². The van der Waals surface area contributed by atoms with Crippen LogP contribution in [0, 0.1) is 11.3 Å². The van der Waals surface area contributed by atoms with Gasteiger partial charge in [0.15, 0.2) is 0 Å². The highest BCUT2D eigenvalue weighted by atomic mass is 32.2. The molecule has 1 aromatic heterocycles. The lowest BCUT2D eigenvalue weighted by Crippen LogP contribution is -2.28. The van der Waals surface area contributed by atoms with Gasteiger partial charge in [0.05, 0.1) is 21.6 Å². The van der Waals surface area contributed by atoms with Gasteiger partial charge >= 0.3 is 0 Å². The van der Waals surface area contributed by atoms with Crippen molar-refractivity contribution in [2.24, 2.45) is 11.3 Å². The number of imidazole rings is 1. The van der Waals surface area contributed by atoms with Crippen LogP contribution in [0.4, 0.5) is 11.4 Å². The Labute approximate surface area is 226 Å². The van der Waals surface area contributed by atoms with Crippen molar-refractivity contribution in [1.29, 1.82) is 0 Å². The molecule has 0 spiro atoms. The molecule has 1 fully saturated rings. The molecule has 1 amide bonds. The molecular formula is C29H40N4O4S. The normalized spacial score (nSPS) is 15.6. The van der Waals surface area contributed by atoms with Crippen LogP contribution < -0.4 is 9.62 Å². The van der Waals surface area contributed by atoms with E-state index in [0.717, 1.165) is 49.5 Å². The standard InChI is InChI=1S/C29H40N4O4S/c1-28(2,3)26-31-24-18-22(10-13-25(24)33(26)19-20-14-16-37-17-15-20)32(7)38(35,36)23-11-8-21(9-12-23)30-27(34)29(4,5)6/h8-13,18,20H,14-17,19H2,1-7H3,(H,30,34). The highest BCUT2D eigenvalue weighted by molar-refractivity contribution is 7.92. The molecule has 8 nitrogen and oxygen atoms in total. The maximum atomic E-state index is 13.5. The molecule has 2 aromatic carbocycles. The summed E-state index contributed by atoms with van der Waals surface area (Å²) >= 11 is 0. The number of nitrogens with zero attached hydrogens (tertiary/aromatic N) is 3. The van der Waals surface area contributed by atoms with Crippen LogP contribution in [0.2, 0.25) is 0 Å². The predicted octanol–water partition coefficient (Wildman–Crippen LogP) is 5.57. The molecule has 0 atom stereocenters. The van der Waals surface area contributed by atoms with E-state index in [4.69, 9.17) is 9.72 Å². The van der Waals surface area contributed by atoms with Crippen molar-refractivity contribution in [1.82, 2.24) is 9.55 Å². The van der Waals surface area contributed by atoms with Gasteiger partial charge in [0.25, 0.3) is 10.0 Å². The van der Waals surface area contributed by atoms with Crippen molar-refractivity contribution in [2.75, 3.05) is 29.9 Å². The summed E-state index contributed by atoms with van der Waals surface area (Å²) in [5.41, 5.74) is 2.18. The first-order chi connectivity index (χ1) is 17.7. The monoisotopic (exact) mass is 540 g/mol. The van der Waals surface area contributed by atoms with Gasteiger partial charge in [-0.3, -0.25) is 9.10 Å². The fourth-order valence-electron chi connectivity index (χ4n) is 4.58. The summed E-state index contributed by atoms with van der Waals surface area (Å²) < 4.78 is 36.0. The molecular weight excluding hydrogens is 500 g/mol. The zero-order chi connectivity index (χ0) is 27.9. The molecule has 38 heavy (non-hydrogen) atoms. The number of fused-ring (bicyclic) bond motifs is 1. The topological polar surface area (TPSA) is 93.5 Å². The molecule has 1 aliphatic rings. The summed E-state index contributed by atoms with van der Waals surface area (Å²) in [6.07, 6.45) is 2.06. The molecule has 1 aliphatic heterocycles. The third kappa shape index (κ3) is 5.89. The summed E-state index contributed by atoms with van der Waals surface area (Å²) in [6, 6.07) is 11.9. The molecule has 206 valence electrons. The highest BCUT2D eigenvalue weighted by Gasteiger charge is 2.27. The lowest BCUT2D eigenvalue weighted by Gasteiger charge is -2.26. The first kappa shape index (κ1) is 28.1. The van der Waals surface area contributed by atoms with E-state index in [-0.39, 0.29) is 16.2 Å². The minimum absolute atomic E-state index is 0.135. The van der Waals surface area contributed by atoms with E-state index in [0.29, 0.717) is 17.3 Å².